The molecule has 0 spiro atoms. The number of esters is 3. The average Bonchev–Trinajstić information content (AvgIpc) is 0.904. The normalized spacial score (nSPS) is 14.7. The van der Waals surface area contributed by atoms with Crippen LogP contribution in [0.3, 0.4) is 0 Å². The number of phosphoric acid groups is 2. The lowest BCUT2D eigenvalue weighted by Crippen LogP contribution is -2.30. The molecule has 0 amide bonds. The molecule has 0 aliphatic carbocycles. The standard InChI is InChI=1S/C93H156O16P2/c1-4-7-10-13-16-19-22-25-28-30-32-34-36-38-39-40-41-42-43-44-45-46-47-49-51-52-54-56-59-61-64-67-70-73-76-79-91(96)103-82-88(94)83-105-110(99,100)106-84-89(95)85-107-111(101,102)108-87-90(109-93(98)81-78-75-72-69-66-63-58-27-24-21-18-15-12-9-6-3)86-104-92(97)80-77-74-71-68-65-62-60-57-55-53-50-48-37-35-33-31-29-26-23-20-17-14-11-8-5-2/h7-12,16-21,25-29,32-35,38-39,48,50,55,57-58,88-90,94-95H,4-6,13-15,22-24,30-31,36-37,40-47,49,51-54,56,59-87H2,1-3H3,(H,99,100)(H,101,102)/b10-7-,11-8-,12-9-,19-16-,20-17-,21-18-,28-25-,29-26-,34-32-,35-33-,39-38-,50-48-,57-55-,58-27-. The number of aliphatic hydroxyl groups excluding tert-OH is 2. The molecule has 0 saturated carbocycles. The van der Waals surface area contributed by atoms with Crippen LogP contribution in [0.5, 0.6) is 0 Å². The highest BCUT2D eigenvalue weighted by molar-refractivity contribution is 7.47. The zero-order chi connectivity index (χ0) is 80.8. The number of carbonyl (C=O) groups is 3. The summed E-state index contributed by atoms with van der Waals surface area (Å²) in [6.45, 7) is 2.32. The van der Waals surface area contributed by atoms with Gasteiger partial charge in [0, 0.05) is 19.3 Å². The third kappa shape index (κ3) is 85.6. The van der Waals surface area contributed by atoms with E-state index in [9.17, 15) is 43.5 Å². The first kappa shape index (κ1) is 106. The molecule has 0 fully saturated rings. The molecule has 0 heterocycles. The van der Waals surface area contributed by atoms with Gasteiger partial charge in [-0.15, -0.1) is 0 Å². The van der Waals surface area contributed by atoms with Gasteiger partial charge in [0.05, 0.1) is 26.4 Å². The highest BCUT2D eigenvalue weighted by Gasteiger charge is 2.29. The Morgan fingerprint density at radius 2 is 0.450 bits per heavy atom. The zero-order valence-electron chi connectivity index (χ0n) is 69.6. The molecule has 18 heteroatoms. The summed E-state index contributed by atoms with van der Waals surface area (Å²) in [5, 5.41) is 20.7. The van der Waals surface area contributed by atoms with E-state index in [-0.39, 0.29) is 19.3 Å². The van der Waals surface area contributed by atoms with Gasteiger partial charge in [-0.2, -0.15) is 0 Å². The van der Waals surface area contributed by atoms with Crippen LogP contribution in [0.15, 0.2) is 170 Å². The molecule has 111 heavy (non-hydrogen) atoms. The Hall–Kier alpha value is -5.09. The second kappa shape index (κ2) is 84.3. The van der Waals surface area contributed by atoms with Crippen LogP contribution in [0.25, 0.3) is 0 Å². The number of aliphatic hydroxyl groups is 2. The molecule has 0 aliphatic heterocycles. The second-order valence-corrected chi connectivity index (χ2v) is 31.5. The SMILES string of the molecule is CC/C=C\C/C=C\C/C=C\C/C=C\C/C=C\C/C=C\CCCCCCCCC(=O)OCC(COP(=O)(O)OCC(O)COP(=O)(O)OCC(O)COC(=O)CCCCCCCCCCCCCCCCCCCCC/C=C\C/C=C\C/C=C\C/C=C\C/C=C\CC)OC(=O)CCCCCCC/C=C\C/C=C\C/C=C\CC. The minimum Gasteiger partial charge on any atom is -0.463 e. The smallest absolute Gasteiger partial charge is 0.463 e. The summed E-state index contributed by atoms with van der Waals surface area (Å²) in [5.41, 5.74) is 0. The second-order valence-electron chi connectivity index (χ2n) is 28.5. The van der Waals surface area contributed by atoms with Gasteiger partial charge in [0.1, 0.15) is 25.4 Å². The molecule has 4 N–H and O–H groups in total. The summed E-state index contributed by atoms with van der Waals surface area (Å²) in [6, 6.07) is 0. The first-order valence-electron chi connectivity index (χ1n) is 43.4. The molecular weight excluding hydrogens is 1430 g/mol. The van der Waals surface area contributed by atoms with E-state index >= 15 is 0 Å². The molecule has 5 atom stereocenters. The third-order valence-corrected chi connectivity index (χ3v) is 19.8. The van der Waals surface area contributed by atoms with Crippen molar-refractivity contribution in [3.8, 4) is 0 Å². The minimum atomic E-state index is -4.95. The van der Waals surface area contributed by atoms with Crippen molar-refractivity contribution in [1.29, 1.82) is 0 Å². The topological polar surface area (TPSA) is 231 Å². The Labute approximate surface area is 675 Å². The Kier molecular flexibility index (Phi) is 80.4. The summed E-state index contributed by atoms with van der Waals surface area (Å²) in [7, 11) is -9.81. The highest BCUT2D eigenvalue weighted by atomic mass is 31.2. The van der Waals surface area contributed by atoms with Crippen LogP contribution >= 0.6 is 15.6 Å². The van der Waals surface area contributed by atoms with Crippen molar-refractivity contribution < 1.29 is 75.8 Å². The molecule has 0 bridgehead atoms. The third-order valence-electron chi connectivity index (χ3n) is 17.9. The molecular formula is C93H156O16P2. The molecule has 0 aliphatic rings. The van der Waals surface area contributed by atoms with Crippen molar-refractivity contribution in [3.05, 3.63) is 170 Å². The molecule has 0 radical (unpaired) electrons. The number of hydrogen-bond donors (Lipinski definition) is 4. The van der Waals surface area contributed by atoms with Crippen molar-refractivity contribution >= 4 is 33.6 Å². The van der Waals surface area contributed by atoms with Crippen molar-refractivity contribution in [2.75, 3.05) is 39.6 Å². The number of hydrogen-bond acceptors (Lipinski definition) is 14. The van der Waals surface area contributed by atoms with E-state index in [2.05, 4.69) is 191 Å². The number of allylic oxidation sites excluding steroid dienone is 28. The van der Waals surface area contributed by atoms with E-state index in [1.54, 1.807) is 0 Å². The van der Waals surface area contributed by atoms with Crippen LogP contribution in [0.4, 0.5) is 0 Å². The number of ether oxygens (including phenoxy) is 3. The molecule has 5 unspecified atom stereocenters. The lowest BCUT2D eigenvalue weighted by atomic mass is 10.0. The lowest BCUT2D eigenvalue weighted by Gasteiger charge is -2.21. The number of phosphoric ester groups is 2. The van der Waals surface area contributed by atoms with E-state index in [1.165, 1.54) is 103 Å². The summed E-state index contributed by atoms with van der Waals surface area (Å²) < 4.78 is 61.3. The van der Waals surface area contributed by atoms with Gasteiger partial charge in [-0.1, -0.05) is 345 Å². The van der Waals surface area contributed by atoms with E-state index in [0.717, 1.165) is 180 Å². The Bertz CT molecular complexity index is 2700. The molecule has 0 aromatic heterocycles. The lowest BCUT2D eigenvalue weighted by molar-refractivity contribution is -0.161. The van der Waals surface area contributed by atoms with E-state index < -0.39 is 91.5 Å². The minimum absolute atomic E-state index is 0.0768. The fraction of sp³-hybridized carbons (Fsp3) is 0.667. The summed E-state index contributed by atoms with van der Waals surface area (Å²) in [6.07, 6.45) is 108. The predicted octanol–water partition coefficient (Wildman–Crippen LogP) is 26.3. The first-order valence-corrected chi connectivity index (χ1v) is 46.4. The molecule has 0 saturated heterocycles. The monoisotopic (exact) mass is 1590 g/mol. The van der Waals surface area contributed by atoms with Gasteiger partial charge in [-0.25, -0.2) is 9.13 Å². The summed E-state index contributed by atoms with van der Waals surface area (Å²) in [4.78, 5) is 58.8. The van der Waals surface area contributed by atoms with Crippen LogP contribution in [0.2, 0.25) is 0 Å². The van der Waals surface area contributed by atoms with Gasteiger partial charge < -0.3 is 34.2 Å². The molecule has 0 aromatic rings. The van der Waals surface area contributed by atoms with Crippen LogP contribution < -0.4 is 0 Å². The Morgan fingerprint density at radius 3 is 0.712 bits per heavy atom. The van der Waals surface area contributed by atoms with Gasteiger partial charge in [0.2, 0.25) is 0 Å². The van der Waals surface area contributed by atoms with Crippen LogP contribution in [-0.4, -0.2) is 95.9 Å². The fourth-order valence-electron chi connectivity index (χ4n) is 11.4. The first-order chi connectivity index (χ1) is 54.2. The van der Waals surface area contributed by atoms with E-state index in [4.69, 9.17) is 32.3 Å². The number of rotatable bonds is 81. The van der Waals surface area contributed by atoms with E-state index in [1.807, 2.05) is 0 Å². The van der Waals surface area contributed by atoms with Gasteiger partial charge in [0.15, 0.2) is 6.10 Å². The summed E-state index contributed by atoms with van der Waals surface area (Å²) >= 11 is 0. The molecule has 16 nitrogen and oxygen atoms in total. The molecule has 634 valence electrons. The van der Waals surface area contributed by atoms with Gasteiger partial charge >= 0.3 is 33.6 Å². The highest BCUT2D eigenvalue weighted by Crippen LogP contribution is 2.45. The maximum Gasteiger partial charge on any atom is 0.472 e. The van der Waals surface area contributed by atoms with Crippen molar-refractivity contribution in [2.45, 2.75) is 360 Å². The number of carbonyl (C=O) groups excluding carboxylic acids is 3. The van der Waals surface area contributed by atoms with E-state index in [0.29, 0.717) is 19.3 Å². The Morgan fingerprint density at radius 1 is 0.252 bits per heavy atom. The number of unbranched alkanes of at least 4 members (excludes halogenated alkanes) is 30. The van der Waals surface area contributed by atoms with Gasteiger partial charge in [-0.3, -0.25) is 32.5 Å². The molecule has 0 rings (SSSR count). The zero-order valence-corrected chi connectivity index (χ0v) is 71.4. The van der Waals surface area contributed by atoms with Gasteiger partial charge in [-0.05, 0) is 148 Å². The van der Waals surface area contributed by atoms with Crippen LogP contribution in [0, 0.1) is 0 Å². The van der Waals surface area contributed by atoms with Crippen LogP contribution in [-0.2, 0) is 55.8 Å². The maximum atomic E-state index is 13.0. The van der Waals surface area contributed by atoms with Crippen molar-refractivity contribution in [2.24, 2.45) is 0 Å². The molecule has 0 aromatic carbocycles. The van der Waals surface area contributed by atoms with Gasteiger partial charge in [0.25, 0.3) is 0 Å². The predicted molar refractivity (Wildman–Crippen MR) is 463 cm³/mol. The average molecular weight is 1590 g/mol. The largest absolute Gasteiger partial charge is 0.472 e. The maximum absolute atomic E-state index is 13.0. The summed E-state index contributed by atoms with van der Waals surface area (Å²) in [5.74, 6) is -1.61. The fourth-order valence-corrected chi connectivity index (χ4v) is 13.0. The van der Waals surface area contributed by atoms with Crippen LogP contribution in [0.1, 0.15) is 342 Å². The quantitative estimate of drug-likeness (QED) is 0.0146. The van der Waals surface area contributed by atoms with Crippen molar-refractivity contribution in [1.82, 2.24) is 0 Å². The van der Waals surface area contributed by atoms with Crippen molar-refractivity contribution in [3.63, 3.8) is 0 Å². The Balaban J connectivity index is 4.46.